The van der Waals surface area contributed by atoms with Gasteiger partial charge in [0.2, 0.25) is 0 Å². The van der Waals surface area contributed by atoms with Gasteiger partial charge in [-0.3, -0.25) is 4.79 Å². The maximum atomic E-state index is 12.9. The smallest absolute Gasteiger partial charge is 0.305 e. The van der Waals surface area contributed by atoms with Crippen LogP contribution in [0.2, 0.25) is 0 Å². The van der Waals surface area contributed by atoms with Crippen molar-refractivity contribution < 1.29 is 14.6 Å². The SMILES string of the molecule is CCCCCCCCCCC(O)CN(CCCCC(=O)OCC(CCCCCCCC)CCCCCCCCCC)CCCCN1CCN(C)CC1. The molecule has 0 saturated carbocycles. The summed E-state index contributed by atoms with van der Waals surface area (Å²) in [6.45, 7) is 16.2. The third kappa shape index (κ3) is 31.6. The number of hydrogen-bond donors (Lipinski definition) is 1. The van der Waals surface area contributed by atoms with E-state index in [0.717, 1.165) is 45.3 Å². The molecule has 0 aromatic rings. The first-order chi connectivity index (χ1) is 25.5. The zero-order chi connectivity index (χ0) is 37.7. The van der Waals surface area contributed by atoms with Gasteiger partial charge in [-0.25, -0.2) is 0 Å². The van der Waals surface area contributed by atoms with E-state index in [1.54, 1.807) is 0 Å². The van der Waals surface area contributed by atoms with Crippen LogP contribution >= 0.6 is 0 Å². The molecule has 2 unspecified atom stereocenters. The highest BCUT2D eigenvalue weighted by Gasteiger charge is 2.16. The highest BCUT2D eigenvalue weighted by Crippen LogP contribution is 2.21. The highest BCUT2D eigenvalue weighted by atomic mass is 16.5. The zero-order valence-corrected chi connectivity index (χ0v) is 35.8. The molecule has 1 saturated heterocycles. The van der Waals surface area contributed by atoms with Crippen molar-refractivity contribution in [1.29, 1.82) is 0 Å². The Morgan fingerprint density at radius 1 is 0.577 bits per heavy atom. The second-order valence-electron chi connectivity index (χ2n) is 16.9. The molecule has 6 nitrogen and oxygen atoms in total. The van der Waals surface area contributed by atoms with Gasteiger partial charge in [0.1, 0.15) is 0 Å². The van der Waals surface area contributed by atoms with Gasteiger partial charge in [0.15, 0.2) is 0 Å². The molecule has 0 amide bonds. The summed E-state index contributed by atoms with van der Waals surface area (Å²) in [7, 11) is 2.22. The summed E-state index contributed by atoms with van der Waals surface area (Å²) in [6, 6.07) is 0. The summed E-state index contributed by atoms with van der Waals surface area (Å²) in [5.41, 5.74) is 0. The summed E-state index contributed by atoms with van der Waals surface area (Å²) in [6.07, 6.45) is 37.1. The maximum Gasteiger partial charge on any atom is 0.305 e. The van der Waals surface area contributed by atoms with Crippen molar-refractivity contribution in [3.63, 3.8) is 0 Å². The number of nitrogens with zero attached hydrogens (tertiary/aromatic N) is 3. The molecule has 0 aromatic carbocycles. The predicted molar refractivity (Wildman–Crippen MR) is 226 cm³/mol. The topological polar surface area (TPSA) is 56.2 Å². The minimum Gasteiger partial charge on any atom is -0.465 e. The van der Waals surface area contributed by atoms with E-state index in [2.05, 4.69) is 42.5 Å². The van der Waals surface area contributed by atoms with Crippen LogP contribution in [0.3, 0.4) is 0 Å². The molecule has 0 bridgehead atoms. The van der Waals surface area contributed by atoms with Crippen LogP contribution in [0.4, 0.5) is 0 Å². The quantitative estimate of drug-likeness (QED) is 0.0501. The third-order valence-corrected chi connectivity index (χ3v) is 11.7. The number of aliphatic hydroxyl groups excluding tert-OH is 1. The molecule has 0 radical (unpaired) electrons. The average Bonchev–Trinajstić information content (AvgIpc) is 3.14. The number of piperazine rings is 1. The fourth-order valence-electron chi connectivity index (χ4n) is 7.92. The summed E-state index contributed by atoms with van der Waals surface area (Å²) >= 11 is 0. The Kier molecular flexibility index (Phi) is 35.3. The van der Waals surface area contributed by atoms with Gasteiger partial charge in [-0.2, -0.15) is 0 Å². The number of rotatable bonds is 39. The molecule has 1 aliphatic rings. The normalized spacial score (nSPS) is 15.4. The summed E-state index contributed by atoms with van der Waals surface area (Å²) in [4.78, 5) is 20.4. The van der Waals surface area contributed by atoms with Crippen molar-refractivity contribution in [2.75, 3.05) is 66.0 Å². The molecule has 1 fully saturated rings. The van der Waals surface area contributed by atoms with Crippen molar-refractivity contribution in [3.05, 3.63) is 0 Å². The van der Waals surface area contributed by atoms with E-state index < -0.39 is 0 Å². The van der Waals surface area contributed by atoms with Crippen LogP contribution in [0, 0.1) is 5.92 Å². The van der Waals surface area contributed by atoms with Crippen molar-refractivity contribution in [2.24, 2.45) is 5.92 Å². The van der Waals surface area contributed by atoms with E-state index in [0.29, 0.717) is 18.9 Å². The lowest BCUT2D eigenvalue weighted by Gasteiger charge is -2.32. The number of carbonyl (C=O) groups is 1. The monoisotopic (exact) mass is 736 g/mol. The number of likely N-dealkylation sites (N-methyl/N-ethyl adjacent to an activating group) is 1. The Balaban J connectivity index is 2.42. The Morgan fingerprint density at radius 3 is 1.52 bits per heavy atom. The van der Waals surface area contributed by atoms with Crippen LogP contribution in [-0.2, 0) is 9.53 Å². The minimum absolute atomic E-state index is 0.00248. The predicted octanol–water partition coefficient (Wildman–Crippen LogP) is 11.8. The van der Waals surface area contributed by atoms with E-state index in [4.69, 9.17) is 4.74 Å². The number of esters is 1. The highest BCUT2D eigenvalue weighted by molar-refractivity contribution is 5.69. The van der Waals surface area contributed by atoms with E-state index in [9.17, 15) is 9.90 Å². The molecule has 2 atom stereocenters. The van der Waals surface area contributed by atoms with E-state index in [1.807, 2.05) is 0 Å². The van der Waals surface area contributed by atoms with Crippen LogP contribution in [0.5, 0.6) is 0 Å². The van der Waals surface area contributed by atoms with Gasteiger partial charge in [-0.1, -0.05) is 162 Å². The fraction of sp³-hybridized carbons (Fsp3) is 0.978. The number of ether oxygens (including phenoxy) is 1. The second-order valence-corrected chi connectivity index (χ2v) is 16.9. The van der Waals surface area contributed by atoms with E-state index >= 15 is 0 Å². The Bertz CT molecular complexity index is 744. The van der Waals surface area contributed by atoms with Crippen molar-refractivity contribution in [3.8, 4) is 0 Å². The van der Waals surface area contributed by atoms with Crippen LogP contribution in [0.25, 0.3) is 0 Å². The molecule has 310 valence electrons. The van der Waals surface area contributed by atoms with Crippen molar-refractivity contribution >= 4 is 5.97 Å². The van der Waals surface area contributed by atoms with Crippen LogP contribution in [0.1, 0.15) is 213 Å². The minimum atomic E-state index is -0.243. The lowest BCUT2D eigenvalue weighted by Crippen LogP contribution is -2.44. The van der Waals surface area contributed by atoms with Crippen molar-refractivity contribution in [1.82, 2.24) is 14.7 Å². The largest absolute Gasteiger partial charge is 0.465 e. The van der Waals surface area contributed by atoms with Gasteiger partial charge in [-0.15, -0.1) is 0 Å². The zero-order valence-electron chi connectivity index (χ0n) is 35.8. The molecule has 1 heterocycles. The molecule has 1 aliphatic heterocycles. The summed E-state index contributed by atoms with van der Waals surface area (Å²) < 4.78 is 5.93. The van der Waals surface area contributed by atoms with Gasteiger partial charge in [0.25, 0.3) is 0 Å². The molecular formula is C46H93N3O3. The molecule has 0 aromatic heterocycles. The van der Waals surface area contributed by atoms with Gasteiger partial charge in [0.05, 0.1) is 12.7 Å². The Labute approximate surface area is 326 Å². The summed E-state index contributed by atoms with van der Waals surface area (Å²) in [5.74, 6) is 0.524. The van der Waals surface area contributed by atoms with Crippen LogP contribution in [-0.4, -0.2) is 97.9 Å². The molecule has 1 rings (SSSR count). The van der Waals surface area contributed by atoms with Gasteiger partial charge < -0.3 is 24.5 Å². The van der Waals surface area contributed by atoms with Crippen LogP contribution < -0.4 is 0 Å². The Morgan fingerprint density at radius 2 is 1.02 bits per heavy atom. The third-order valence-electron chi connectivity index (χ3n) is 11.7. The molecular weight excluding hydrogens is 643 g/mol. The van der Waals surface area contributed by atoms with Crippen LogP contribution in [0.15, 0.2) is 0 Å². The van der Waals surface area contributed by atoms with E-state index in [-0.39, 0.29) is 12.1 Å². The summed E-state index contributed by atoms with van der Waals surface area (Å²) in [5, 5.41) is 11.0. The first-order valence-electron chi connectivity index (χ1n) is 23.4. The molecule has 52 heavy (non-hydrogen) atoms. The first kappa shape index (κ1) is 49.3. The van der Waals surface area contributed by atoms with Crippen molar-refractivity contribution in [2.45, 2.75) is 219 Å². The van der Waals surface area contributed by atoms with E-state index in [1.165, 1.54) is 193 Å². The maximum absolute atomic E-state index is 12.9. The molecule has 0 spiro atoms. The van der Waals surface area contributed by atoms with Gasteiger partial charge in [-0.05, 0) is 77.5 Å². The average molecular weight is 736 g/mol. The number of aliphatic hydroxyl groups is 1. The molecule has 1 N–H and O–H groups in total. The Hall–Kier alpha value is -0.690. The van der Waals surface area contributed by atoms with Gasteiger partial charge >= 0.3 is 5.97 Å². The van der Waals surface area contributed by atoms with Gasteiger partial charge in [0, 0.05) is 39.1 Å². The second kappa shape index (κ2) is 37.2. The number of unbranched alkanes of at least 4 members (excludes halogenated alkanes) is 21. The lowest BCUT2D eigenvalue weighted by molar-refractivity contribution is -0.145. The number of carbonyl (C=O) groups excluding carboxylic acids is 1. The molecule has 0 aliphatic carbocycles. The standard InChI is InChI=1S/C46H93N3O3/c1-5-8-11-14-17-19-22-25-32-44(31-24-21-16-13-10-7-3)43-52-46(51)34-27-28-36-49(37-30-29-35-48-40-38-47(4)39-41-48)42-45(50)33-26-23-20-18-15-12-9-6-2/h44-45,50H,5-43H2,1-4H3. The first-order valence-corrected chi connectivity index (χ1v) is 23.4. The fourth-order valence-corrected chi connectivity index (χ4v) is 7.92. The number of hydrogen-bond acceptors (Lipinski definition) is 6. The lowest BCUT2D eigenvalue weighted by atomic mass is 9.94. The molecule has 6 heteroatoms.